The molecule has 4 nitrogen and oxygen atoms in total. The Hall–Kier alpha value is -0.900. The summed E-state index contributed by atoms with van der Waals surface area (Å²) in [5, 5.41) is 8.77. The molecule has 1 amide bonds. The Morgan fingerprint density at radius 2 is 2.55 bits per heavy atom. The summed E-state index contributed by atoms with van der Waals surface area (Å²) < 4.78 is 0. The van der Waals surface area contributed by atoms with E-state index in [1.54, 1.807) is 7.05 Å². The zero-order chi connectivity index (χ0) is 7.84. The molecule has 0 spiro atoms. The highest BCUT2D eigenvalue weighted by Crippen LogP contribution is 2.18. The summed E-state index contributed by atoms with van der Waals surface area (Å²) in [5.74, 6) is 0.239. The van der Waals surface area contributed by atoms with Crippen LogP contribution in [-0.4, -0.2) is 36.8 Å². The Bertz CT molecular complexity index is 224. The molecule has 2 aliphatic rings. The van der Waals surface area contributed by atoms with Crippen LogP contribution < -0.4 is 5.32 Å². The van der Waals surface area contributed by atoms with Crippen molar-refractivity contribution in [1.82, 2.24) is 10.3 Å². The van der Waals surface area contributed by atoms with E-state index in [-0.39, 0.29) is 11.8 Å². The number of hydrazone groups is 1. The highest BCUT2D eigenvalue weighted by atomic mass is 16.2. The molecule has 0 aromatic rings. The molecular formula is C7H11N3O. The predicted molar refractivity (Wildman–Crippen MR) is 41.2 cm³/mol. The van der Waals surface area contributed by atoms with Crippen LogP contribution in [0.5, 0.6) is 0 Å². The summed E-state index contributed by atoms with van der Waals surface area (Å²) in [4.78, 5) is 11.3. The number of carbonyl (C=O) groups excluding carboxylic acids is 1. The molecule has 11 heavy (non-hydrogen) atoms. The van der Waals surface area contributed by atoms with Gasteiger partial charge in [-0.1, -0.05) is 0 Å². The van der Waals surface area contributed by atoms with Gasteiger partial charge in [-0.25, -0.2) is 5.01 Å². The van der Waals surface area contributed by atoms with Crippen molar-refractivity contribution in [3.8, 4) is 0 Å². The highest BCUT2D eigenvalue weighted by molar-refractivity contribution is 6.09. The predicted octanol–water partition coefficient (Wildman–Crippen LogP) is -0.576. The summed E-state index contributed by atoms with van der Waals surface area (Å²) in [7, 11) is 1.72. The van der Waals surface area contributed by atoms with Crippen molar-refractivity contribution in [2.75, 3.05) is 20.1 Å². The van der Waals surface area contributed by atoms with Crippen molar-refractivity contribution in [3.05, 3.63) is 0 Å². The van der Waals surface area contributed by atoms with Crippen molar-refractivity contribution in [3.63, 3.8) is 0 Å². The summed E-state index contributed by atoms with van der Waals surface area (Å²) in [6.07, 6.45) is 0.905. The molecule has 1 unspecified atom stereocenters. The Balaban J connectivity index is 2.22. The number of nitrogens with one attached hydrogen (secondary N) is 1. The lowest BCUT2D eigenvalue weighted by Gasteiger charge is -2.17. The molecule has 2 aliphatic heterocycles. The van der Waals surface area contributed by atoms with Crippen LogP contribution in [0.15, 0.2) is 5.10 Å². The second-order valence-electron chi connectivity index (χ2n) is 2.97. The van der Waals surface area contributed by atoms with Crippen LogP contribution in [0.25, 0.3) is 0 Å². The van der Waals surface area contributed by atoms with Gasteiger partial charge >= 0.3 is 0 Å². The van der Waals surface area contributed by atoms with E-state index in [9.17, 15) is 4.79 Å². The quantitative estimate of drug-likeness (QED) is 0.506. The van der Waals surface area contributed by atoms with Crippen LogP contribution in [0.3, 0.4) is 0 Å². The number of fused-ring (bicyclic) bond motifs is 1. The van der Waals surface area contributed by atoms with E-state index in [0.29, 0.717) is 0 Å². The maximum Gasteiger partial charge on any atom is 0.251 e. The summed E-state index contributed by atoms with van der Waals surface area (Å²) in [5.41, 5.74) is 1.00. The molecule has 0 bridgehead atoms. The number of rotatable bonds is 0. The number of carbonyl (C=O) groups is 1. The molecule has 4 heteroatoms. The van der Waals surface area contributed by atoms with E-state index < -0.39 is 0 Å². The minimum absolute atomic E-state index is 0.0845. The number of amides is 1. The fraction of sp³-hybridized carbons (Fsp3) is 0.714. The molecular weight excluding hydrogens is 142 g/mol. The second kappa shape index (κ2) is 2.30. The van der Waals surface area contributed by atoms with Crippen molar-refractivity contribution in [2.45, 2.75) is 6.42 Å². The zero-order valence-corrected chi connectivity index (χ0v) is 6.50. The average molecular weight is 153 g/mol. The monoisotopic (exact) mass is 153 g/mol. The first-order valence-electron chi connectivity index (χ1n) is 3.84. The minimum Gasteiger partial charge on any atom is -0.311 e. The molecule has 1 atom stereocenters. The van der Waals surface area contributed by atoms with Crippen LogP contribution in [-0.2, 0) is 4.79 Å². The summed E-state index contributed by atoms with van der Waals surface area (Å²) in [6, 6.07) is 0. The molecule has 0 aliphatic carbocycles. The lowest BCUT2D eigenvalue weighted by Crippen LogP contribution is -2.38. The third kappa shape index (κ3) is 0.939. The molecule has 2 rings (SSSR count). The van der Waals surface area contributed by atoms with Crippen molar-refractivity contribution < 1.29 is 4.79 Å². The lowest BCUT2D eigenvalue weighted by atomic mass is 9.96. The van der Waals surface area contributed by atoms with Gasteiger partial charge in [-0.05, 0) is 13.0 Å². The highest BCUT2D eigenvalue weighted by Gasteiger charge is 2.34. The van der Waals surface area contributed by atoms with Gasteiger partial charge in [0.25, 0.3) is 5.91 Å². The smallest absolute Gasteiger partial charge is 0.251 e. The van der Waals surface area contributed by atoms with Gasteiger partial charge in [-0.15, -0.1) is 0 Å². The van der Waals surface area contributed by atoms with Gasteiger partial charge in [0.05, 0.1) is 11.6 Å². The molecule has 0 saturated carbocycles. The van der Waals surface area contributed by atoms with E-state index in [0.717, 1.165) is 25.2 Å². The summed E-state index contributed by atoms with van der Waals surface area (Å²) >= 11 is 0. The fourth-order valence-electron chi connectivity index (χ4n) is 1.59. The first kappa shape index (κ1) is 6.79. The second-order valence-corrected chi connectivity index (χ2v) is 2.97. The minimum atomic E-state index is 0.0845. The van der Waals surface area contributed by atoms with E-state index >= 15 is 0 Å². The van der Waals surface area contributed by atoms with Crippen LogP contribution in [0.2, 0.25) is 0 Å². The van der Waals surface area contributed by atoms with E-state index in [2.05, 4.69) is 10.4 Å². The van der Waals surface area contributed by atoms with Crippen LogP contribution >= 0.6 is 0 Å². The Morgan fingerprint density at radius 1 is 1.73 bits per heavy atom. The Morgan fingerprint density at radius 3 is 3.27 bits per heavy atom. The molecule has 1 saturated heterocycles. The van der Waals surface area contributed by atoms with Crippen LogP contribution in [0, 0.1) is 5.92 Å². The molecule has 0 aromatic carbocycles. The third-order valence-corrected chi connectivity index (χ3v) is 2.21. The molecule has 0 radical (unpaired) electrons. The van der Waals surface area contributed by atoms with Crippen molar-refractivity contribution in [1.29, 1.82) is 0 Å². The Labute approximate surface area is 65.3 Å². The molecule has 2 heterocycles. The molecule has 1 N–H and O–H groups in total. The normalized spacial score (nSPS) is 30.3. The number of piperidine rings is 1. The fourth-order valence-corrected chi connectivity index (χ4v) is 1.59. The standard InChI is InChI=1S/C7H11N3O/c1-10-7(11)5-2-3-8-4-6(5)9-10/h5,8H,2-4H2,1H3. The average Bonchev–Trinajstić information content (AvgIpc) is 2.30. The first-order chi connectivity index (χ1) is 5.29. The maximum atomic E-state index is 11.3. The van der Waals surface area contributed by atoms with Crippen molar-refractivity contribution >= 4 is 11.6 Å². The van der Waals surface area contributed by atoms with Gasteiger partial charge < -0.3 is 5.32 Å². The lowest BCUT2D eigenvalue weighted by molar-refractivity contribution is -0.130. The third-order valence-electron chi connectivity index (χ3n) is 2.21. The topological polar surface area (TPSA) is 44.7 Å². The number of nitrogens with zero attached hydrogens (tertiary/aromatic N) is 2. The van der Waals surface area contributed by atoms with Crippen LogP contribution in [0.1, 0.15) is 6.42 Å². The maximum absolute atomic E-state index is 11.3. The van der Waals surface area contributed by atoms with Gasteiger partial charge in [0, 0.05) is 13.6 Å². The first-order valence-corrected chi connectivity index (χ1v) is 3.84. The van der Waals surface area contributed by atoms with Gasteiger partial charge in [0.1, 0.15) is 0 Å². The van der Waals surface area contributed by atoms with E-state index in [1.165, 1.54) is 5.01 Å². The van der Waals surface area contributed by atoms with Gasteiger partial charge in [-0.2, -0.15) is 5.10 Å². The summed E-state index contributed by atoms with van der Waals surface area (Å²) in [6.45, 7) is 1.71. The van der Waals surface area contributed by atoms with Gasteiger partial charge in [-0.3, -0.25) is 4.79 Å². The number of hydrogen-bond donors (Lipinski definition) is 1. The SMILES string of the molecule is CN1N=C2CNCCC2C1=O. The van der Waals surface area contributed by atoms with Gasteiger partial charge in [0.15, 0.2) is 0 Å². The van der Waals surface area contributed by atoms with Crippen LogP contribution in [0.4, 0.5) is 0 Å². The number of hydrogen-bond acceptors (Lipinski definition) is 3. The van der Waals surface area contributed by atoms with Crippen molar-refractivity contribution in [2.24, 2.45) is 11.0 Å². The van der Waals surface area contributed by atoms with E-state index in [4.69, 9.17) is 0 Å². The largest absolute Gasteiger partial charge is 0.311 e. The molecule has 0 aromatic heterocycles. The van der Waals surface area contributed by atoms with E-state index in [1.807, 2.05) is 0 Å². The zero-order valence-electron chi connectivity index (χ0n) is 6.50. The Kier molecular flexibility index (Phi) is 1.42. The molecule has 60 valence electrons. The van der Waals surface area contributed by atoms with Gasteiger partial charge in [0.2, 0.25) is 0 Å². The molecule has 1 fully saturated rings.